The Bertz CT molecular complexity index is 610. The number of nitrogens with two attached hydrogens (primary N) is 1. The molecule has 0 aliphatic carbocycles. The first-order valence-corrected chi connectivity index (χ1v) is 8.37. The molecule has 0 amide bonds. The monoisotopic (exact) mass is 314 g/mol. The van der Waals surface area contributed by atoms with Crippen LogP contribution in [0, 0.1) is 12.8 Å². The van der Waals surface area contributed by atoms with E-state index >= 15 is 0 Å². The van der Waals surface area contributed by atoms with Crippen molar-refractivity contribution in [1.29, 1.82) is 0 Å². The van der Waals surface area contributed by atoms with E-state index in [1.807, 2.05) is 6.92 Å². The summed E-state index contributed by atoms with van der Waals surface area (Å²) in [5, 5.41) is 0. The van der Waals surface area contributed by atoms with Crippen LogP contribution in [0.25, 0.3) is 0 Å². The molecule has 7 heteroatoms. The highest BCUT2D eigenvalue weighted by Crippen LogP contribution is 2.29. The molecule has 0 spiro atoms. The smallest absolute Gasteiger partial charge is 0.244 e. The van der Waals surface area contributed by atoms with Gasteiger partial charge in [0.05, 0.1) is 13.7 Å². The van der Waals surface area contributed by atoms with E-state index in [1.165, 1.54) is 13.2 Å². The minimum atomic E-state index is -3.69. The van der Waals surface area contributed by atoms with Crippen molar-refractivity contribution in [2.45, 2.75) is 31.2 Å². The molecule has 1 fully saturated rings. The van der Waals surface area contributed by atoms with Crippen LogP contribution >= 0.6 is 0 Å². The number of aryl methyl sites for hydroxylation is 1. The molecule has 1 saturated heterocycles. The van der Waals surface area contributed by atoms with E-state index in [2.05, 4.69) is 4.72 Å². The summed E-state index contributed by atoms with van der Waals surface area (Å²) in [5.41, 5.74) is 7.03. The lowest BCUT2D eigenvalue weighted by atomic mass is 10.0. The Kier molecular flexibility index (Phi) is 4.75. The standard InChI is InChI=1S/C14H22N2O4S/c1-9-6-13(19-3)14(7-12(9)15)21(17,18)16-10(2)11-4-5-20-8-11/h6-7,10-11,16H,4-5,8,15H2,1-3H3. The fourth-order valence-corrected chi connectivity index (χ4v) is 3.90. The summed E-state index contributed by atoms with van der Waals surface area (Å²) in [5.74, 6) is 0.484. The van der Waals surface area contributed by atoms with Gasteiger partial charge in [-0.25, -0.2) is 13.1 Å². The van der Waals surface area contributed by atoms with E-state index in [9.17, 15) is 8.42 Å². The highest BCUT2D eigenvalue weighted by Gasteiger charge is 2.28. The van der Waals surface area contributed by atoms with Crippen LogP contribution in [0.15, 0.2) is 17.0 Å². The van der Waals surface area contributed by atoms with Gasteiger partial charge in [-0.15, -0.1) is 0 Å². The van der Waals surface area contributed by atoms with E-state index in [4.69, 9.17) is 15.2 Å². The van der Waals surface area contributed by atoms with Crippen molar-refractivity contribution in [1.82, 2.24) is 4.72 Å². The molecule has 1 aliphatic rings. The number of hydrogen-bond donors (Lipinski definition) is 2. The van der Waals surface area contributed by atoms with E-state index in [0.717, 1.165) is 12.0 Å². The van der Waals surface area contributed by atoms with Gasteiger partial charge in [-0.2, -0.15) is 0 Å². The second-order valence-electron chi connectivity index (χ2n) is 5.39. The van der Waals surface area contributed by atoms with Crippen molar-refractivity contribution in [2.24, 2.45) is 5.92 Å². The first-order chi connectivity index (χ1) is 9.85. The Morgan fingerprint density at radius 2 is 2.19 bits per heavy atom. The average molecular weight is 314 g/mol. The third-order valence-electron chi connectivity index (χ3n) is 3.85. The van der Waals surface area contributed by atoms with Gasteiger partial charge in [-0.3, -0.25) is 0 Å². The summed E-state index contributed by atoms with van der Waals surface area (Å²) in [6.45, 7) is 4.91. The zero-order valence-corrected chi connectivity index (χ0v) is 13.4. The number of nitrogens with one attached hydrogen (secondary N) is 1. The van der Waals surface area contributed by atoms with Crippen LogP contribution in [0.2, 0.25) is 0 Å². The molecule has 0 saturated carbocycles. The van der Waals surface area contributed by atoms with Crippen LogP contribution < -0.4 is 15.2 Å². The Morgan fingerprint density at radius 1 is 1.48 bits per heavy atom. The van der Waals surface area contributed by atoms with Crippen LogP contribution in [0.1, 0.15) is 18.9 Å². The highest BCUT2D eigenvalue weighted by molar-refractivity contribution is 7.89. The molecule has 1 heterocycles. The van der Waals surface area contributed by atoms with Gasteiger partial charge in [0.25, 0.3) is 0 Å². The zero-order valence-electron chi connectivity index (χ0n) is 12.5. The summed E-state index contributed by atoms with van der Waals surface area (Å²) < 4.78 is 38.3. The first kappa shape index (κ1) is 16.1. The molecule has 21 heavy (non-hydrogen) atoms. The summed E-state index contributed by atoms with van der Waals surface area (Å²) >= 11 is 0. The number of methoxy groups -OCH3 is 1. The predicted octanol–water partition coefficient (Wildman–Crippen LogP) is 1.29. The lowest BCUT2D eigenvalue weighted by molar-refractivity contribution is 0.180. The SMILES string of the molecule is COc1cc(C)c(N)cc1S(=O)(=O)NC(C)C1CCOC1. The normalized spacial score (nSPS) is 20.4. The molecule has 1 aliphatic heterocycles. The Balaban J connectivity index is 2.28. The summed E-state index contributed by atoms with van der Waals surface area (Å²) in [6, 6.07) is 2.87. The van der Waals surface area contributed by atoms with Gasteiger partial charge in [0.15, 0.2) is 0 Å². The maximum atomic E-state index is 12.6. The average Bonchev–Trinajstić information content (AvgIpc) is 2.94. The van der Waals surface area contributed by atoms with Gasteiger partial charge in [0, 0.05) is 24.3 Å². The number of nitrogen functional groups attached to an aromatic ring is 1. The van der Waals surface area contributed by atoms with Crippen molar-refractivity contribution in [2.75, 3.05) is 26.1 Å². The van der Waals surface area contributed by atoms with Crippen LogP contribution in [0.4, 0.5) is 5.69 Å². The molecule has 0 bridgehead atoms. The molecule has 2 unspecified atom stereocenters. The number of anilines is 1. The summed E-state index contributed by atoms with van der Waals surface area (Å²) in [6.07, 6.45) is 0.858. The lowest BCUT2D eigenvalue weighted by Crippen LogP contribution is -2.38. The minimum absolute atomic E-state index is 0.0684. The van der Waals surface area contributed by atoms with E-state index in [1.54, 1.807) is 13.0 Å². The fraction of sp³-hybridized carbons (Fsp3) is 0.571. The van der Waals surface area contributed by atoms with Gasteiger partial charge < -0.3 is 15.2 Å². The molecule has 3 N–H and O–H groups in total. The van der Waals surface area contributed by atoms with E-state index in [0.29, 0.717) is 24.7 Å². The van der Waals surface area contributed by atoms with Crippen molar-refractivity contribution >= 4 is 15.7 Å². The molecule has 1 aromatic rings. The number of rotatable bonds is 5. The van der Waals surface area contributed by atoms with Crippen LogP contribution in [0.3, 0.4) is 0 Å². The summed E-state index contributed by atoms with van der Waals surface area (Å²) in [7, 11) is -2.25. The first-order valence-electron chi connectivity index (χ1n) is 6.89. The molecule has 118 valence electrons. The van der Waals surface area contributed by atoms with Crippen LogP contribution in [-0.4, -0.2) is 34.8 Å². The largest absolute Gasteiger partial charge is 0.495 e. The van der Waals surface area contributed by atoms with Crippen molar-refractivity contribution in [3.8, 4) is 5.75 Å². The lowest BCUT2D eigenvalue weighted by Gasteiger charge is -2.20. The summed E-state index contributed by atoms with van der Waals surface area (Å²) in [4.78, 5) is 0.0684. The van der Waals surface area contributed by atoms with Gasteiger partial charge in [-0.05, 0) is 38.0 Å². The second-order valence-corrected chi connectivity index (χ2v) is 7.08. The fourth-order valence-electron chi connectivity index (χ4n) is 2.40. The van der Waals surface area contributed by atoms with Crippen molar-refractivity contribution in [3.05, 3.63) is 17.7 Å². The number of hydrogen-bond acceptors (Lipinski definition) is 5. The Labute approximate surface area is 125 Å². The van der Waals surface area contributed by atoms with Crippen molar-refractivity contribution in [3.63, 3.8) is 0 Å². The van der Waals surface area contributed by atoms with Crippen LogP contribution in [0.5, 0.6) is 5.75 Å². The number of ether oxygens (including phenoxy) is 2. The zero-order chi connectivity index (χ0) is 15.6. The molecular formula is C14H22N2O4S. The molecule has 2 atom stereocenters. The quantitative estimate of drug-likeness (QED) is 0.799. The minimum Gasteiger partial charge on any atom is -0.495 e. The third-order valence-corrected chi connectivity index (χ3v) is 5.44. The predicted molar refractivity (Wildman–Crippen MR) is 80.9 cm³/mol. The molecule has 0 radical (unpaired) electrons. The Morgan fingerprint density at radius 3 is 2.76 bits per heavy atom. The van der Waals surface area contributed by atoms with E-state index < -0.39 is 10.0 Å². The van der Waals surface area contributed by atoms with Gasteiger partial charge in [0.1, 0.15) is 10.6 Å². The van der Waals surface area contributed by atoms with Gasteiger partial charge in [-0.1, -0.05) is 0 Å². The number of sulfonamides is 1. The van der Waals surface area contributed by atoms with Crippen LogP contribution in [-0.2, 0) is 14.8 Å². The van der Waals surface area contributed by atoms with E-state index in [-0.39, 0.29) is 16.9 Å². The maximum Gasteiger partial charge on any atom is 0.244 e. The van der Waals surface area contributed by atoms with Gasteiger partial charge in [0.2, 0.25) is 10.0 Å². The van der Waals surface area contributed by atoms with Gasteiger partial charge >= 0.3 is 0 Å². The number of benzene rings is 1. The maximum absolute atomic E-state index is 12.6. The molecule has 2 rings (SSSR count). The second kappa shape index (κ2) is 6.21. The molecular weight excluding hydrogens is 292 g/mol. The Hall–Kier alpha value is -1.31. The third kappa shape index (κ3) is 3.48. The molecule has 0 aromatic heterocycles. The topological polar surface area (TPSA) is 90.7 Å². The molecule has 1 aromatic carbocycles. The van der Waals surface area contributed by atoms with Crippen molar-refractivity contribution < 1.29 is 17.9 Å². The molecule has 6 nitrogen and oxygen atoms in total. The highest BCUT2D eigenvalue weighted by atomic mass is 32.2.